The Kier molecular flexibility index (Phi) is 12.8. The Hall–Kier alpha value is -4.10. The number of aromatic amines is 1. The molecule has 8 N–H and O–H groups in total. The van der Waals surface area contributed by atoms with E-state index in [2.05, 4.69) is 39.2 Å². The Morgan fingerprint density at radius 1 is 1.16 bits per heavy atom. The molecule has 2 saturated heterocycles. The summed E-state index contributed by atoms with van der Waals surface area (Å²) in [5, 5.41) is 22.2. The monoisotopic (exact) mass is 596 g/mol. The normalized spacial score (nSPS) is 19.1. The molecule has 2 aliphatic heterocycles. The smallest absolute Gasteiger partial charge is 0.305 e. The highest BCUT2D eigenvalue weighted by molar-refractivity contribution is 5.93. The summed E-state index contributed by atoms with van der Waals surface area (Å²) < 4.78 is 0. The highest BCUT2D eigenvalue weighted by Crippen LogP contribution is 2.24. The molecule has 0 radical (unpaired) electrons. The molecular formula is C30H44N8O5. The number of hydrogen-bond acceptors (Lipinski definition) is 8. The summed E-state index contributed by atoms with van der Waals surface area (Å²) >= 11 is 0. The second-order valence-corrected chi connectivity index (χ2v) is 11.0. The summed E-state index contributed by atoms with van der Waals surface area (Å²) in [5.41, 5.74) is 15.1. The summed E-state index contributed by atoms with van der Waals surface area (Å²) in [6, 6.07) is 5.38. The Morgan fingerprint density at radius 2 is 1.88 bits per heavy atom. The van der Waals surface area contributed by atoms with E-state index in [0.717, 1.165) is 48.8 Å². The van der Waals surface area contributed by atoms with Crippen molar-refractivity contribution >= 4 is 34.6 Å². The van der Waals surface area contributed by atoms with Crippen LogP contribution in [0.5, 0.6) is 0 Å². The highest BCUT2D eigenvalue weighted by Gasteiger charge is 2.35. The quantitative estimate of drug-likeness (QED) is 0.127. The number of nitrogens with one attached hydrogen (secondary N) is 5. The molecule has 1 aromatic carbocycles. The lowest BCUT2D eigenvalue weighted by atomic mass is 9.94. The minimum atomic E-state index is -1.38. The Morgan fingerprint density at radius 3 is 2.58 bits per heavy atom. The number of nitrogens with two attached hydrogens (primary N) is 1. The molecule has 3 heterocycles. The zero-order valence-corrected chi connectivity index (χ0v) is 24.5. The molecule has 43 heavy (non-hydrogen) atoms. The number of benzene rings is 1. The molecule has 0 aliphatic carbocycles. The highest BCUT2D eigenvalue weighted by atomic mass is 16.4. The van der Waals surface area contributed by atoms with Crippen molar-refractivity contribution in [2.45, 2.75) is 63.2 Å². The number of carbonyl (C=O) groups excluding carboxylic acids is 3. The molecule has 0 spiro atoms. The van der Waals surface area contributed by atoms with Gasteiger partial charge in [0, 0.05) is 42.5 Å². The average Bonchev–Trinajstić information content (AvgIpc) is 3.58. The van der Waals surface area contributed by atoms with E-state index in [1.807, 2.05) is 29.2 Å². The summed E-state index contributed by atoms with van der Waals surface area (Å²) in [4.78, 5) is 55.5. The number of hydrogen-bond donors (Lipinski definition) is 7. The number of carboxylic acids is 1. The molecule has 3 amide bonds. The predicted octanol–water partition coefficient (Wildman–Crippen LogP) is 1.90. The van der Waals surface area contributed by atoms with Gasteiger partial charge in [-0.3, -0.25) is 19.2 Å². The van der Waals surface area contributed by atoms with Gasteiger partial charge in [0.1, 0.15) is 12.2 Å². The number of fused-ring (bicyclic) bond motifs is 1. The van der Waals surface area contributed by atoms with Crippen molar-refractivity contribution < 1.29 is 24.3 Å². The first-order valence-corrected chi connectivity index (χ1v) is 14.7. The fraction of sp³-hybridized carbons (Fsp3) is 0.533. The Bertz CT molecular complexity index is 1260. The lowest BCUT2D eigenvalue weighted by molar-refractivity contribution is -0.141. The molecular weight excluding hydrogens is 552 g/mol. The molecule has 4 atom stereocenters. The van der Waals surface area contributed by atoms with Crippen LogP contribution in [0.3, 0.4) is 0 Å². The van der Waals surface area contributed by atoms with Gasteiger partial charge < -0.3 is 36.7 Å². The van der Waals surface area contributed by atoms with Crippen LogP contribution < -0.4 is 21.7 Å². The number of para-hydroxylation sites is 1. The van der Waals surface area contributed by atoms with E-state index in [1.165, 1.54) is 0 Å². The molecule has 2 fully saturated rings. The first kappa shape index (κ1) is 33.4. The number of likely N-dealkylation sites (tertiary alicyclic amines) is 1. The van der Waals surface area contributed by atoms with E-state index in [1.54, 1.807) is 6.20 Å². The van der Waals surface area contributed by atoms with E-state index in [9.17, 15) is 24.3 Å². The summed E-state index contributed by atoms with van der Waals surface area (Å²) in [7, 11) is 0. The van der Waals surface area contributed by atoms with Crippen molar-refractivity contribution in [1.29, 1.82) is 5.53 Å². The molecule has 2 aromatic rings. The lowest BCUT2D eigenvalue weighted by Crippen LogP contribution is -2.55. The fourth-order valence-corrected chi connectivity index (χ4v) is 5.75. The van der Waals surface area contributed by atoms with Gasteiger partial charge in [0.25, 0.3) is 0 Å². The van der Waals surface area contributed by atoms with Crippen molar-refractivity contribution in [3.8, 4) is 0 Å². The first-order valence-electron chi connectivity index (χ1n) is 14.7. The number of carbonyl (C=O) groups is 4. The third-order valence-electron chi connectivity index (χ3n) is 8.14. The van der Waals surface area contributed by atoms with Gasteiger partial charge in [-0.25, -0.2) is 5.53 Å². The number of carboxylic acid groups (broad SMARTS) is 1. The number of amides is 3. The average molecular weight is 597 g/mol. The second-order valence-electron chi connectivity index (χ2n) is 11.0. The third-order valence-corrected chi connectivity index (χ3v) is 8.14. The van der Waals surface area contributed by atoms with Crippen LogP contribution in [0.2, 0.25) is 0 Å². The van der Waals surface area contributed by atoms with Crippen LogP contribution in [-0.4, -0.2) is 83.1 Å². The van der Waals surface area contributed by atoms with Gasteiger partial charge in [-0.2, -0.15) is 5.11 Å². The van der Waals surface area contributed by atoms with Crippen molar-refractivity contribution in [3.63, 3.8) is 0 Å². The van der Waals surface area contributed by atoms with Crippen molar-refractivity contribution in [2.24, 2.45) is 22.7 Å². The largest absolute Gasteiger partial charge is 0.481 e. The number of rotatable bonds is 14. The topological polar surface area (TPSA) is 206 Å². The standard InChI is InChI=1S/C28H40N8O5.C2H4/c29-26(35-30)22(13-19-16-32-21-4-2-1-3-20(19)21)34-27(40)23(15-25(38)39)33-24(37)14-18-8-12-36(28(18)41)11-7-17-5-9-31-10-6-17;1-2/h1-4,16-18,22-23,26,30-32H,5-15,29H2,(H,33,37)(H,34,40)(H,38,39);1-2H2. The van der Waals surface area contributed by atoms with Gasteiger partial charge in [-0.1, -0.05) is 18.2 Å². The zero-order valence-electron chi connectivity index (χ0n) is 24.5. The summed E-state index contributed by atoms with van der Waals surface area (Å²) in [6.45, 7) is 9.26. The molecule has 1 aromatic heterocycles. The van der Waals surface area contributed by atoms with Gasteiger partial charge in [-0.05, 0) is 62.7 Å². The van der Waals surface area contributed by atoms with Gasteiger partial charge in [-0.15, -0.1) is 13.2 Å². The van der Waals surface area contributed by atoms with Crippen molar-refractivity contribution in [2.75, 3.05) is 26.2 Å². The molecule has 234 valence electrons. The number of piperidine rings is 1. The lowest BCUT2D eigenvalue weighted by Gasteiger charge is -2.25. The predicted molar refractivity (Wildman–Crippen MR) is 162 cm³/mol. The van der Waals surface area contributed by atoms with Crippen molar-refractivity contribution in [1.82, 2.24) is 25.8 Å². The van der Waals surface area contributed by atoms with E-state index in [-0.39, 0.29) is 18.7 Å². The van der Waals surface area contributed by atoms with E-state index in [4.69, 9.17) is 11.3 Å². The third kappa shape index (κ3) is 9.45. The number of aromatic nitrogens is 1. The second kappa shape index (κ2) is 16.5. The maximum atomic E-state index is 13.2. The number of nitrogens with zero attached hydrogens (tertiary/aromatic N) is 2. The minimum Gasteiger partial charge on any atom is -0.481 e. The van der Waals surface area contributed by atoms with Crippen LogP contribution in [0, 0.1) is 17.4 Å². The van der Waals surface area contributed by atoms with Crippen molar-refractivity contribution in [3.05, 3.63) is 49.2 Å². The van der Waals surface area contributed by atoms with Crippen LogP contribution in [0.1, 0.15) is 44.1 Å². The zero-order chi connectivity index (χ0) is 31.4. The first-order chi connectivity index (χ1) is 20.7. The Balaban J connectivity index is 0.00000248. The number of aliphatic carboxylic acids is 1. The van der Waals surface area contributed by atoms with Gasteiger partial charge >= 0.3 is 5.97 Å². The number of H-pyrrole nitrogens is 1. The summed E-state index contributed by atoms with van der Waals surface area (Å²) in [5.74, 6) is -2.55. The van der Waals surface area contributed by atoms with Gasteiger partial charge in [0.05, 0.1) is 12.5 Å². The van der Waals surface area contributed by atoms with Crippen LogP contribution in [0.4, 0.5) is 0 Å². The van der Waals surface area contributed by atoms with E-state index in [0.29, 0.717) is 25.4 Å². The maximum absolute atomic E-state index is 13.2. The SMILES string of the molecule is C=C.N=NC(N)C(Cc1c[nH]c2ccccc12)NC(=O)C(CC(=O)O)NC(=O)CC1CCN(CCC2CCNCC2)C1=O. The molecule has 2 aliphatic rings. The van der Waals surface area contributed by atoms with Gasteiger partial charge in [0.15, 0.2) is 0 Å². The Labute approximate surface area is 251 Å². The van der Waals surface area contributed by atoms with Gasteiger partial charge in [0.2, 0.25) is 17.7 Å². The molecule has 13 nitrogen and oxygen atoms in total. The van der Waals surface area contributed by atoms with Crippen LogP contribution in [-0.2, 0) is 25.6 Å². The van der Waals surface area contributed by atoms with Crippen LogP contribution in [0.25, 0.3) is 10.9 Å². The van der Waals surface area contributed by atoms with E-state index >= 15 is 0 Å². The van der Waals surface area contributed by atoms with Crippen LogP contribution in [0.15, 0.2) is 48.7 Å². The molecule has 4 rings (SSSR count). The fourth-order valence-electron chi connectivity index (χ4n) is 5.75. The maximum Gasteiger partial charge on any atom is 0.305 e. The molecule has 4 unspecified atom stereocenters. The van der Waals surface area contributed by atoms with Crippen LogP contribution >= 0.6 is 0 Å². The molecule has 0 saturated carbocycles. The summed E-state index contributed by atoms with van der Waals surface area (Å²) in [6.07, 6.45) is 3.86. The minimum absolute atomic E-state index is 0.0739. The molecule has 0 bridgehead atoms. The van der Waals surface area contributed by atoms with E-state index < -0.39 is 48.4 Å². The molecule has 13 heteroatoms.